The summed E-state index contributed by atoms with van der Waals surface area (Å²) in [5.74, 6) is -2.28. The maximum Gasteiger partial charge on any atom is 0.342 e. The minimum absolute atomic E-state index is 0.160. The number of carbonyl (C=O) groups excluding carboxylic acids is 1. The minimum atomic E-state index is -1.63. The van der Waals surface area contributed by atoms with Crippen LogP contribution in [-0.2, 0) is 9.47 Å². The molecule has 5 N–H and O–H groups in total. The van der Waals surface area contributed by atoms with E-state index in [-0.39, 0.29) is 17.7 Å². The van der Waals surface area contributed by atoms with Gasteiger partial charge in [0, 0.05) is 19.0 Å². The van der Waals surface area contributed by atoms with Crippen molar-refractivity contribution in [1.29, 1.82) is 0 Å². The summed E-state index contributed by atoms with van der Waals surface area (Å²) in [6.07, 6.45) is -4.50. The lowest BCUT2D eigenvalue weighted by Gasteiger charge is -2.40. The molecule has 20 heavy (non-hydrogen) atoms. The summed E-state index contributed by atoms with van der Waals surface area (Å²) in [7, 11) is 0. The quantitative estimate of drug-likeness (QED) is 0.430. The molecule has 1 heterocycles. The Morgan fingerprint density at radius 2 is 2.05 bits per heavy atom. The van der Waals surface area contributed by atoms with Gasteiger partial charge in [-0.3, -0.25) is 0 Å². The zero-order valence-electron chi connectivity index (χ0n) is 10.9. The van der Waals surface area contributed by atoms with E-state index < -0.39 is 30.3 Å². The second-order valence-corrected chi connectivity index (χ2v) is 4.88. The smallest absolute Gasteiger partial charge is 0.342 e. The topological polar surface area (TPSA) is 122 Å². The molecular weight excluding hydrogens is 266 g/mol. The number of rotatable bonds is 2. The molecule has 1 aromatic rings. The van der Waals surface area contributed by atoms with E-state index in [2.05, 4.69) is 0 Å². The first-order chi connectivity index (χ1) is 9.32. The Kier molecular flexibility index (Phi) is 3.96. The molecule has 0 bridgehead atoms. The number of para-hydroxylation sites is 1. The van der Waals surface area contributed by atoms with Crippen LogP contribution in [0.5, 0.6) is 0 Å². The average Bonchev–Trinajstić information content (AvgIpc) is 2.36. The van der Waals surface area contributed by atoms with E-state index in [0.717, 1.165) is 0 Å². The Labute approximate surface area is 115 Å². The number of hydrogen-bond acceptors (Lipinski definition) is 7. The van der Waals surface area contributed by atoms with E-state index in [0.29, 0.717) is 0 Å². The van der Waals surface area contributed by atoms with Crippen LogP contribution in [0, 0.1) is 0 Å². The lowest BCUT2D eigenvalue weighted by Crippen LogP contribution is -2.55. The predicted molar refractivity (Wildman–Crippen MR) is 68.4 cm³/mol. The van der Waals surface area contributed by atoms with Gasteiger partial charge in [-0.05, 0) is 12.1 Å². The van der Waals surface area contributed by atoms with Crippen LogP contribution in [0.2, 0.25) is 0 Å². The summed E-state index contributed by atoms with van der Waals surface area (Å²) in [4.78, 5) is 12.0. The number of hydrogen-bond donors (Lipinski definition) is 4. The number of aliphatic hydroxyl groups excluding tert-OH is 3. The van der Waals surface area contributed by atoms with Crippen molar-refractivity contribution in [3.8, 4) is 0 Å². The summed E-state index contributed by atoms with van der Waals surface area (Å²) < 4.78 is 10.2. The van der Waals surface area contributed by atoms with E-state index in [4.69, 9.17) is 15.2 Å². The van der Waals surface area contributed by atoms with Crippen LogP contribution >= 0.6 is 0 Å². The Balaban J connectivity index is 2.13. The Hall–Kier alpha value is -1.67. The molecule has 1 unspecified atom stereocenters. The van der Waals surface area contributed by atoms with Crippen molar-refractivity contribution < 1.29 is 29.6 Å². The second kappa shape index (κ2) is 5.37. The number of nitrogen functional groups attached to an aromatic ring is 1. The summed E-state index contributed by atoms with van der Waals surface area (Å²) in [5, 5.41) is 28.5. The summed E-state index contributed by atoms with van der Waals surface area (Å²) >= 11 is 0. The molecule has 110 valence electrons. The third-order valence-corrected chi connectivity index (χ3v) is 3.13. The fourth-order valence-corrected chi connectivity index (χ4v) is 2.06. The van der Waals surface area contributed by atoms with Crippen LogP contribution in [0.3, 0.4) is 0 Å². The highest BCUT2D eigenvalue weighted by Crippen LogP contribution is 2.30. The monoisotopic (exact) mass is 283 g/mol. The van der Waals surface area contributed by atoms with Gasteiger partial charge in [-0.1, -0.05) is 12.1 Å². The molecule has 2 rings (SSSR count). The van der Waals surface area contributed by atoms with Gasteiger partial charge in [0.1, 0.15) is 6.10 Å². The zero-order valence-corrected chi connectivity index (χ0v) is 10.9. The van der Waals surface area contributed by atoms with Gasteiger partial charge >= 0.3 is 5.97 Å². The molecule has 0 aromatic heterocycles. The first-order valence-electron chi connectivity index (χ1n) is 6.12. The highest BCUT2D eigenvalue weighted by atomic mass is 16.8. The number of carbonyl (C=O) groups is 1. The van der Waals surface area contributed by atoms with E-state index in [1.165, 1.54) is 13.0 Å². The molecule has 0 saturated carbocycles. The van der Waals surface area contributed by atoms with Gasteiger partial charge in [-0.15, -0.1) is 0 Å². The van der Waals surface area contributed by atoms with E-state index in [1.54, 1.807) is 18.2 Å². The SMILES string of the molecule is C[C@]1(OC(=O)c2ccccc2N)C[C@@H](O)[C@H](O)C(O)O1. The fourth-order valence-electron chi connectivity index (χ4n) is 2.06. The molecule has 1 fully saturated rings. The van der Waals surface area contributed by atoms with Gasteiger partial charge in [0.25, 0.3) is 0 Å². The van der Waals surface area contributed by atoms with Crippen molar-refractivity contribution in [3.05, 3.63) is 29.8 Å². The molecule has 1 aromatic carbocycles. The highest BCUT2D eigenvalue weighted by molar-refractivity contribution is 5.95. The number of nitrogens with two attached hydrogens (primary N) is 1. The third kappa shape index (κ3) is 2.91. The third-order valence-electron chi connectivity index (χ3n) is 3.13. The molecule has 7 heteroatoms. The van der Waals surface area contributed by atoms with Gasteiger partial charge in [0.05, 0.1) is 11.7 Å². The second-order valence-electron chi connectivity index (χ2n) is 4.88. The molecule has 0 spiro atoms. The van der Waals surface area contributed by atoms with E-state index in [1.807, 2.05) is 0 Å². The first kappa shape index (κ1) is 14.7. The van der Waals surface area contributed by atoms with Gasteiger partial charge < -0.3 is 30.5 Å². The van der Waals surface area contributed by atoms with Crippen molar-refractivity contribution in [2.75, 3.05) is 5.73 Å². The van der Waals surface area contributed by atoms with Crippen molar-refractivity contribution in [2.24, 2.45) is 0 Å². The van der Waals surface area contributed by atoms with Gasteiger partial charge in [0.2, 0.25) is 5.79 Å². The fraction of sp³-hybridized carbons (Fsp3) is 0.462. The highest BCUT2D eigenvalue weighted by Gasteiger charge is 2.45. The summed E-state index contributed by atoms with van der Waals surface area (Å²) in [6, 6.07) is 6.35. The predicted octanol–water partition coefficient (Wildman–Crippen LogP) is -0.398. The number of benzene rings is 1. The Bertz CT molecular complexity index is 493. The Morgan fingerprint density at radius 3 is 2.65 bits per heavy atom. The number of anilines is 1. The molecular formula is C13H17NO6. The largest absolute Gasteiger partial charge is 0.430 e. The van der Waals surface area contributed by atoms with E-state index >= 15 is 0 Å². The van der Waals surface area contributed by atoms with Gasteiger partial charge in [0.15, 0.2) is 6.29 Å². The van der Waals surface area contributed by atoms with Crippen molar-refractivity contribution in [2.45, 2.75) is 37.6 Å². The number of ether oxygens (including phenoxy) is 2. The van der Waals surface area contributed by atoms with E-state index in [9.17, 15) is 20.1 Å². The molecule has 0 aliphatic carbocycles. The van der Waals surface area contributed by atoms with Crippen LogP contribution in [0.25, 0.3) is 0 Å². The van der Waals surface area contributed by atoms with Crippen LogP contribution < -0.4 is 5.73 Å². The lowest BCUT2D eigenvalue weighted by molar-refractivity contribution is -0.337. The zero-order chi connectivity index (χ0) is 14.9. The summed E-state index contributed by atoms with van der Waals surface area (Å²) in [5.41, 5.74) is 6.07. The van der Waals surface area contributed by atoms with Crippen molar-refractivity contribution in [3.63, 3.8) is 0 Å². The molecule has 7 nitrogen and oxygen atoms in total. The minimum Gasteiger partial charge on any atom is -0.430 e. The maximum atomic E-state index is 12.0. The molecule has 0 amide bonds. The van der Waals surface area contributed by atoms with Crippen LogP contribution in [-0.4, -0.2) is 45.6 Å². The van der Waals surface area contributed by atoms with Crippen LogP contribution in [0.15, 0.2) is 24.3 Å². The lowest BCUT2D eigenvalue weighted by atomic mass is 10.0. The number of aliphatic hydroxyl groups is 3. The Morgan fingerprint density at radius 1 is 1.40 bits per heavy atom. The molecule has 1 aliphatic heterocycles. The average molecular weight is 283 g/mol. The van der Waals surface area contributed by atoms with Crippen molar-refractivity contribution >= 4 is 11.7 Å². The standard InChI is InChI=1S/C13H17NO6/c1-13(6-9(15)10(16)12(18)20-13)19-11(17)7-4-2-3-5-8(7)14/h2-5,9-10,12,15-16,18H,6,14H2,1H3/t9-,10+,12?,13-/m1/s1. The van der Waals surface area contributed by atoms with Crippen LogP contribution in [0.4, 0.5) is 5.69 Å². The normalized spacial score (nSPS) is 33.7. The van der Waals surface area contributed by atoms with Crippen LogP contribution in [0.1, 0.15) is 23.7 Å². The maximum absolute atomic E-state index is 12.0. The number of esters is 1. The van der Waals surface area contributed by atoms with Crippen molar-refractivity contribution in [1.82, 2.24) is 0 Å². The van der Waals surface area contributed by atoms with Gasteiger partial charge in [-0.2, -0.15) is 0 Å². The summed E-state index contributed by atoms with van der Waals surface area (Å²) in [6.45, 7) is 1.39. The first-order valence-corrected chi connectivity index (χ1v) is 6.12. The molecule has 1 aliphatic rings. The molecule has 4 atom stereocenters. The molecule has 0 radical (unpaired) electrons. The molecule has 1 saturated heterocycles. The van der Waals surface area contributed by atoms with Gasteiger partial charge in [-0.25, -0.2) is 4.79 Å².